The first-order valence-electron chi connectivity index (χ1n) is 7.46. The van der Waals surface area contributed by atoms with Crippen molar-refractivity contribution in [1.82, 2.24) is 0 Å². The summed E-state index contributed by atoms with van der Waals surface area (Å²) in [5.74, 6) is 0.638. The fraction of sp³-hybridized carbons (Fsp3) is 0.471. The molecule has 0 radical (unpaired) electrons. The molecule has 0 saturated carbocycles. The fourth-order valence-electron chi connectivity index (χ4n) is 3.06. The van der Waals surface area contributed by atoms with E-state index in [1.807, 2.05) is 35.2 Å². The van der Waals surface area contributed by atoms with E-state index in [0.717, 1.165) is 31.6 Å². The Morgan fingerprint density at radius 2 is 2.10 bits per heavy atom. The molecule has 2 aliphatic rings. The van der Waals surface area contributed by atoms with Gasteiger partial charge in [0.1, 0.15) is 0 Å². The van der Waals surface area contributed by atoms with Gasteiger partial charge in [0, 0.05) is 18.7 Å². The SMILES string of the molecule is O=C(C[C@H]1C=CCC1)N(c1ccccc1)[C@H]1CCOC1. The largest absolute Gasteiger partial charge is 0.379 e. The molecule has 0 bridgehead atoms. The number of benzene rings is 1. The molecule has 20 heavy (non-hydrogen) atoms. The predicted octanol–water partition coefficient (Wildman–Crippen LogP) is 3.16. The number of carbonyl (C=O) groups is 1. The van der Waals surface area contributed by atoms with Crippen molar-refractivity contribution in [2.24, 2.45) is 5.92 Å². The Morgan fingerprint density at radius 3 is 2.75 bits per heavy atom. The van der Waals surface area contributed by atoms with Crippen LogP contribution < -0.4 is 4.90 Å². The summed E-state index contributed by atoms with van der Waals surface area (Å²) in [6, 6.07) is 10.2. The molecule has 1 aliphatic carbocycles. The summed E-state index contributed by atoms with van der Waals surface area (Å²) in [6.07, 6.45) is 8.13. The molecule has 2 atom stereocenters. The van der Waals surface area contributed by atoms with Gasteiger partial charge in [-0.2, -0.15) is 0 Å². The van der Waals surface area contributed by atoms with Crippen LogP contribution in [-0.4, -0.2) is 25.2 Å². The molecule has 0 unspecified atom stereocenters. The highest BCUT2D eigenvalue weighted by atomic mass is 16.5. The summed E-state index contributed by atoms with van der Waals surface area (Å²) in [6.45, 7) is 1.41. The van der Waals surface area contributed by atoms with Crippen LogP contribution in [0.15, 0.2) is 42.5 Å². The van der Waals surface area contributed by atoms with E-state index in [9.17, 15) is 4.79 Å². The highest BCUT2D eigenvalue weighted by Crippen LogP contribution is 2.26. The molecule has 1 amide bonds. The van der Waals surface area contributed by atoms with Gasteiger partial charge in [-0.3, -0.25) is 4.79 Å². The first-order valence-corrected chi connectivity index (χ1v) is 7.46. The zero-order valence-corrected chi connectivity index (χ0v) is 11.7. The van der Waals surface area contributed by atoms with E-state index in [4.69, 9.17) is 4.74 Å². The van der Waals surface area contributed by atoms with E-state index in [0.29, 0.717) is 18.9 Å². The van der Waals surface area contributed by atoms with E-state index in [2.05, 4.69) is 12.2 Å². The van der Waals surface area contributed by atoms with E-state index < -0.39 is 0 Å². The number of hydrogen-bond acceptors (Lipinski definition) is 2. The van der Waals surface area contributed by atoms with Crippen molar-refractivity contribution in [2.45, 2.75) is 31.7 Å². The molecular formula is C17H21NO2. The molecule has 1 aliphatic heterocycles. The smallest absolute Gasteiger partial charge is 0.227 e. The van der Waals surface area contributed by atoms with Crippen molar-refractivity contribution in [2.75, 3.05) is 18.1 Å². The van der Waals surface area contributed by atoms with Crippen LogP contribution in [0.3, 0.4) is 0 Å². The average Bonchev–Trinajstić information content (AvgIpc) is 3.14. The van der Waals surface area contributed by atoms with Crippen LogP contribution in [0.4, 0.5) is 5.69 Å². The molecular weight excluding hydrogens is 250 g/mol. The molecule has 106 valence electrons. The standard InChI is InChI=1S/C17H21NO2/c19-17(12-14-6-4-5-7-14)18(16-10-11-20-13-16)15-8-2-1-3-9-15/h1-4,6,8-9,14,16H,5,7,10-13H2/t14-,16-/m0/s1. The molecule has 1 saturated heterocycles. The lowest BCUT2D eigenvalue weighted by Crippen LogP contribution is -2.41. The topological polar surface area (TPSA) is 29.5 Å². The minimum absolute atomic E-state index is 0.190. The maximum Gasteiger partial charge on any atom is 0.227 e. The second-order valence-corrected chi connectivity index (χ2v) is 5.59. The van der Waals surface area contributed by atoms with Crippen LogP contribution in [0.5, 0.6) is 0 Å². The van der Waals surface area contributed by atoms with Crippen molar-refractivity contribution >= 4 is 11.6 Å². The molecule has 3 heteroatoms. The van der Waals surface area contributed by atoms with Gasteiger partial charge in [-0.05, 0) is 37.3 Å². The lowest BCUT2D eigenvalue weighted by atomic mass is 10.0. The maximum absolute atomic E-state index is 12.7. The van der Waals surface area contributed by atoms with Gasteiger partial charge in [-0.15, -0.1) is 0 Å². The lowest BCUT2D eigenvalue weighted by Gasteiger charge is -2.29. The molecule has 0 N–H and O–H groups in total. The lowest BCUT2D eigenvalue weighted by molar-refractivity contribution is -0.119. The number of hydrogen-bond donors (Lipinski definition) is 0. The highest BCUT2D eigenvalue weighted by molar-refractivity contribution is 5.94. The van der Waals surface area contributed by atoms with Gasteiger partial charge in [0.15, 0.2) is 0 Å². The Morgan fingerprint density at radius 1 is 1.25 bits per heavy atom. The van der Waals surface area contributed by atoms with Gasteiger partial charge < -0.3 is 9.64 Å². The number of para-hydroxylation sites is 1. The van der Waals surface area contributed by atoms with Crippen LogP contribution in [0.25, 0.3) is 0 Å². The quantitative estimate of drug-likeness (QED) is 0.787. The summed E-state index contributed by atoms with van der Waals surface area (Å²) >= 11 is 0. The van der Waals surface area contributed by atoms with Crippen LogP contribution in [-0.2, 0) is 9.53 Å². The second-order valence-electron chi connectivity index (χ2n) is 5.59. The van der Waals surface area contributed by atoms with Crippen molar-refractivity contribution < 1.29 is 9.53 Å². The average molecular weight is 271 g/mol. The van der Waals surface area contributed by atoms with E-state index >= 15 is 0 Å². The number of nitrogens with zero attached hydrogens (tertiary/aromatic N) is 1. The summed E-state index contributed by atoms with van der Waals surface area (Å²) < 4.78 is 5.47. The number of amides is 1. The summed E-state index contributed by atoms with van der Waals surface area (Å²) in [7, 11) is 0. The van der Waals surface area contributed by atoms with Crippen molar-refractivity contribution in [1.29, 1.82) is 0 Å². The number of carbonyl (C=O) groups excluding carboxylic acids is 1. The molecule has 1 fully saturated rings. The van der Waals surface area contributed by atoms with Crippen molar-refractivity contribution in [3.05, 3.63) is 42.5 Å². The van der Waals surface area contributed by atoms with E-state index in [1.165, 1.54) is 0 Å². The third-order valence-corrected chi connectivity index (χ3v) is 4.12. The van der Waals surface area contributed by atoms with E-state index in [-0.39, 0.29) is 11.9 Å². The van der Waals surface area contributed by atoms with Gasteiger partial charge in [0.25, 0.3) is 0 Å². The number of ether oxygens (including phenoxy) is 1. The molecule has 0 spiro atoms. The molecule has 1 heterocycles. The first kappa shape index (κ1) is 13.4. The first-order chi connectivity index (χ1) is 9.84. The number of anilines is 1. The second kappa shape index (κ2) is 6.23. The van der Waals surface area contributed by atoms with Crippen molar-refractivity contribution in [3.63, 3.8) is 0 Å². The molecule has 3 rings (SSSR count). The van der Waals surface area contributed by atoms with Gasteiger partial charge >= 0.3 is 0 Å². The van der Waals surface area contributed by atoms with E-state index in [1.54, 1.807) is 0 Å². The monoisotopic (exact) mass is 271 g/mol. The molecule has 0 aromatic heterocycles. The zero-order chi connectivity index (χ0) is 13.8. The summed E-state index contributed by atoms with van der Waals surface area (Å²) in [4.78, 5) is 14.7. The van der Waals surface area contributed by atoms with Gasteiger partial charge in [0.05, 0.1) is 12.6 Å². The maximum atomic E-state index is 12.7. The van der Waals surface area contributed by atoms with Gasteiger partial charge in [-0.1, -0.05) is 30.4 Å². The van der Waals surface area contributed by atoms with Gasteiger partial charge in [-0.25, -0.2) is 0 Å². The Bertz CT molecular complexity index is 477. The van der Waals surface area contributed by atoms with Crippen LogP contribution in [0, 0.1) is 5.92 Å². The molecule has 1 aromatic carbocycles. The Kier molecular flexibility index (Phi) is 4.16. The highest BCUT2D eigenvalue weighted by Gasteiger charge is 2.29. The predicted molar refractivity (Wildman–Crippen MR) is 79.6 cm³/mol. The summed E-state index contributed by atoms with van der Waals surface area (Å²) in [5, 5.41) is 0. The molecule has 3 nitrogen and oxygen atoms in total. The normalized spacial score (nSPS) is 25.0. The van der Waals surface area contributed by atoms with Gasteiger partial charge in [0.2, 0.25) is 5.91 Å². The number of allylic oxidation sites excluding steroid dienone is 2. The summed E-state index contributed by atoms with van der Waals surface area (Å²) in [5.41, 5.74) is 0.995. The third-order valence-electron chi connectivity index (χ3n) is 4.12. The number of rotatable bonds is 4. The Hall–Kier alpha value is -1.61. The zero-order valence-electron chi connectivity index (χ0n) is 11.7. The minimum Gasteiger partial charge on any atom is -0.379 e. The minimum atomic E-state index is 0.190. The van der Waals surface area contributed by atoms with Crippen LogP contribution in [0.1, 0.15) is 25.7 Å². The Labute approximate surface area is 120 Å². The van der Waals surface area contributed by atoms with Crippen LogP contribution in [0.2, 0.25) is 0 Å². The molecule has 1 aromatic rings. The van der Waals surface area contributed by atoms with Crippen molar-refractivity contribution in [3.8, 4) is 0 Å². The fourth-order valence-corrected chi connectivity index (χ4v) is 3.06. The third kappa shape index (κ3) is 2.93. The Balaban J connectivity index is 1.77. The van der Waals surface area contributed by atoms with Crippen LogP contribution >= 0.6 is 0 Å².